The molecule has 0 saturated heterocycles. The molecule has 3 N–H and O–H groups in total. The van der Waals surface area contributed by atoms with E-state index in [-0.39, 0.29) is 5.91 Å². The predicted octanol–water partition coefficient (Wildman–Crippen LogP) is 3.31. The number of amides is 1. The lowest BCUT2D eigenvalue weighted by atomic mass is 10.2. The van der Waals surface area contributed by atoms with E-state index in [1.807, 2.05) is 19.1 Å². The molecule has 3 rings (SSSR count). The predicted molar refractivity (Wildman–Crippen MR) is 80.9 cm³/mol. The standard InChI is InChI=1S/C15H14N2O2S/c1-9-2-4-12(20-9)8-17-15(18)14-7-10-6-11(16)3-5-13(10)19-14/h2-7H,8,16H2,1H3,(H,17,18). The van der Waals surface area contributed by atoms with Crippen molar-refractivity contribution in [1.29, 1.82) is 0 Å². The Kier molecular flexibility index (Phi) is 3.20. The van der Waals surface area contributed by atoms with Crippen LogP contribution in [0.1, 0.15) is 20.3 Å². The first-order valence-corrected chi connectivity index (χ1v) is 7.06. The molecule has 0 saturated carbocycles. The van der Waals surface area contributed by atoms with Crippen molar-refractivity contribution in [3.8, 4) is 0 Å². The summed E-state index contributed by atoms with van der Waals surface area (Å²) in [5, 5.41) is 3.69. The van der Waals surface area contributed by atoms with Crippen LogP contribution in [-0.2, 0) is 6.54 Å². The van der Waals surface area contributed by atoms with Crippen LogP contribution < -0.4 is 11.1 Å². The minimum Gasteiger partial charge on any atom is -0.451 e. The van der Waals surface area contributed by atoms with Crippen molar-refractivity contribution >= 4 is 33.9 Å². The van der Waals surface area contributed by atoms with Crippen molar-refractivity contribution in [3.05, 3.63) is 51.9 Å². The zero-order valence-corrected chi connectivity index (χ0v) is 11.8. The zero-order chi connectivity index (χ0) is 14.1. The lowest BCUT2D eigenvalue weighted by molar-refractivity contribution is 0.0926. The van der Waals surface area contributed by atoms with Gasteiger partial charge in [0.05, 0.1) is 6.54 Å². The SMILES string of the molecule is Cc1ccc(CNC(=O)c2cc3cc(N)ccc3o2)s1. The molecule has 0 unspecified atom stereocenters. The summed E-state index contributed by atoms with van der Waals surface area (Å²) in [5.74, 6) is 0.0877. The van der Waals surface area contributed by atoms with E-state index < -0.39 is 0 Å². The zero-order valence-electron chi connectivity index (χ0n) is 11.0. The van der Waals surface area contributed by atoms with E-state index in [0.29, 0.717) is 23.6 Å². The second-order valence-corrected chi connectivity index (χ2v) is 5.98. The van der Waals surface area contributed by atoms with Gasteiger partial charge in [-0.05, 0) is 43.3 Å². The molecule has 4 nitrogen and oxygen atoms in total. The fourth-order valence-electron chi connectivity index (χ4n) is 2.01. The third-order valence-corrected chi connectivity index (χ3v) is 3.98. The maximum Gasteiger partial charge on any atom is 0.287 e. The number of anilines is 1. The van der Waals surface area contributed by atoms with Crippen LogP contribution in [0.4, 0.5) is 5.69 Å². The Morgan fingerprint density at radius 3 is 2.90 bits per heavy atom. The van der Waals surface area contributed by atoms with Gasteiger partial charge in [-0.25, -0.2) is 0 Å². The number of carbonyl (C=O) groups is 1. The second-order valence-electron chi connectivity index (χ2n) is 4.60. The number of furan rings is 1. The topological polar surface area (TPSA) is 68.3 Å². The number of nitrogens with two attached hydrogens (primary N) is 1. The Morgan fingerprint density at radius 2 is 2.15 bits per heavy atom. The van der Waals surface area contributed by atoms with Gasteiger partial charge in [-0.1, -0.05) is 0 Å². The highest BCUT2D eigenvalue weighted by Crippen LogP contribution is 2.22. The van der Waals surface area contributed by atoms with E-state index in [2.05, 4.69) is 5.32 Å². The smallest absolute Gasteiger partial charge is 0.287 e. The van der Waals surface area contributed by atoms with Crippen LogP contribution in [0.5, 0.6) is 0 Å². The number of thiophene rings is 1. The van der Waals surface area contributed by atoms with Crippen LogP contribution in [0, 0.1) is 6.92 Å². The largest absolute Gasteiger partial charge is 0.451 e. The molecule has 5 heteroatoms. The van der Waals surface area contributed by atoms with Crippen molar-refractivity contribution in [1.82, 2.24) is 5.32 Å². The van der Waals surface area contributed by atoms with Gasteiger partial charge in [0.2, 0.25) is 0 Å². The van der Waals surface area contributed by atoms with Gasteiger partial charge in [-0.3, -0.25) is 4.79 Å². The molecule has 0 fully saturated rings. The van der Waals surface area contributed by atoms with Crippen LogP contribution in [0.15, 0.2) is 40.8 Å². The third-order valence-electron chi connectivity index (χ3n) is 2.98. The van der Waals surface area contributed by atoms with Crippen LogP contribution in [0.2, 0.25) is 0 Å². The number of nitrogen functional groups attached to an aromatic ring is 1. The van der Waals surface area contributed by atoms with Gasteiger partial charge in [-0.2, -0.15) is 0 Å². The van der Waals surface area contributed by atoms with E-state index in [0.717, 1.165) is 10.3 Å². The fraction of sp³-hybridized carbons (Fsp3) is 0.133. The molecule has 2 heterocycles. The molecule has 20 heavy (non-hydrogen) atoms. The molecule has 3 aromatic rings. The van der Waals surface area contributed by atoms with E-state index in [4.69, 9.17) is 10.2 Å². The lowest BCUT2D eigenvalue weighted by Gasteiger charge is -2.00. The average Bonchev–Trinajstić information content (AvgIpc) is 3.01. The molecular weight excluding hydrogens is 272 g/mol. The highest BCUT2D eigenvalue weighted by Gasteiger charge is 2.12. The Hall–Kier alpha value is -2.27. The first-order valence-electron chi connectivity index (χ1n) is 6.24. The van der Waals surface area contributed by atoms with Gasteiger partial charge in [0, 0.05) is 20.8 Å². The van der Waals surface area contributed by atoms with Crippen LogP contribution >= 0.6 is 11.3 Å². The number of hydrogen-bond acceptors (Lipinski definition) is 4. The number of aryl methyl sites for hydroxylation is 1. The summed E-state index contributed by atoms with van der Waals surface area (Å²) in [7, 11) is 0. The first-order chi connectivity index (χ1) is 9.61. The van der Waals surface area contributed by atoms with E-state index in [1.54, 1.807) is 35.6 Å². The van der Waals surface area contributed by atoms with Crippen molar-refractivity contribution < 1.29 is 9.21 Å². The molecule has 1 aromatic carbocycles. The minimum atomic E-state index is -0.217. The molecule has 0 atom stereocenters. The summed E-state index contributed by atoms with van der Waals surface area (Å²) < 4.78 is 5.51. The Labute approximate surface area is 120 Å². The summed E-state index contributed by atoms with van der Waals surface area (Å²) in [4.78, 5) is 14.4. The second kappa shape index (κ2) is 5.02. The van der Waals surface area contributed by atoms with E-state index in [9.17, 15) is 4.79 Å². The van der Waals surface area contributed by atoms with Gasteiger partial charge in [0.25, 0.3) is 5.91 Å². The van der Waals surface area contributed by atoms with Crippen LogP contribution in [-0.4, -0.2) is 5.91 Å². The summed E-state index contributed by atoms with van der Waals surface area (Å²) in [6.07, 6.45) is 0. The normalized spacial score (nSPS) is 10.8. The summed E-state index contributed by atoms with van der Waals surface area (Å²) in [5.41, 5.74) is 7.02. The van der Waals surface area contributed by atoms with Gasteiger partial charge >= 0.3 is 0 Å². The summed E-state index contributed by atoms with van der Waals surface area (Å²) in [6.45, 7) is 2.55. The number of carbonyl (C=O) groups excluding carboxylic acids is 1. The molecule has 1 amide bonds. The number of rotatable bonds is 3. The maximum atomic E-state index is 12.0. The number of benzene rings is 1. The fourth-order valence-corrected chi connectivity index (χ4v) is 2.84. The Morgan fingerprint density at radius 1 is 1.30 bits per heavy atom. The van der Waals surface area contributed by atoms with Gasteiger partial charge < -0.3 is 15.5 Å². The van der Waals surface area contributed by atoms with Crippen LogP contribution in [0.3, 0.4) is 0 Å². The number of nitrogens with one attached hydrogen (secondary N) is 1. The van der Waals surface area contributed by atoms with E-state index >= 15 is 0 Å². The quantitative estimate of drug-likeness (QED) is 0.726. The Bertz CT molecular complexity index is 773. The summed E-state index contributed by atoms with van der Waals surface area (Å²) in [6, 6.07) is 11.1. The van der Waals surface area contributed by atoms with Crippen molar-refractivity contribution in [2.24, 2.45) is 0 Å². The molecule has 0 aliphatic carbocycles. The number of fused-ring (bicyclic) bond motifs is 1. The maximum absolute atomic E-state index is 12.0. The Balaban J connectivity index is 1.75. The monoisotopic (exact) mass is 286 g/mol. The molecule has 0 radical (unpaired) electrons. The van der Waals surface area contributed by atoms with Gasteiger partial charge in [-0.15, -0.1) is 11.3 Å². The van der Waals surface area contributed by atoms with Crippen molar-refractivity contribution in [3.63, 3.8) is 0 Å². The summed E-state index contributed by atoms with van der Waals surface area (Å²) >= 11 is 1.67. The average molecular weight is 286 g/mol. The molecule has 0 spiro atoms. The highest BCUT2D eigenvalue weighted by atomic mass is 32.1. The molecule has 0 bridgehead atoms. The molecular formula is C15H14N2O2S. The van der Waals surface area contributed by atoms with Crippen LogP contribution in [0.25, 0.3) is 11.0 Å². The molecule has 102 valence electrons. The van der Waals surface area contributed by atoms with Crippen molar-refractivity contribution in [2.75, 3.05) is 5.73 Å². The van der Waals surface area contributed by atoms with Gasteiger partial charge in [0.15, 0.2) is 5.76 Å². The van der Waals surface area contributed by atoms with Crippen molar-refractivity contribution in [2.45, 2.75) is 13.5 Å². The molecule has 0 aliphatic heterocycles. The number of hydrogen-bond donors (Lipinski definition) is 2. The third kappa shape index (κ3) is 2.53. The highest BCUT2D eigenvalue weighted by molar-refractivity contribution is 7.11. The molecule has 0 aliphatic rings. The first kappa shape index (κ1) is 12.7. The molecule has 2 aromatic heterocycles. The van der Waals surface area contributed by atoms with Gasteiger partial charge in [0.1, 0.15) is 5.58 Å². The van der Waals surface area contributed by atoms with E-state index in [1.165, 1.54) is 4.88 Å². The lowest BCUT2D eigenvalue weighted by Crippen LogP contribution is -2.21. The minimum absolute atomic E-state index is 0.217.